The quantitative estimate of drug-likeness (QED) is 0.703. The zero-order valence-electron chi connectivity index (χ0n) is 16.7. The van der Waals surface area contributed by atoms with E-state index >= 15 is 0 Å². The Kier molecular flexibility index (Phi) is 5.09. The highest BCUT2D eigenvalue weighted by atomic mass is 16.5. The number of piperidine rings is 1. The molecule has 1 saturated heterocycles. The van der Waals surface area contributed by atoms with Gasteiger partial charge in [0.2, 0.25) is 5.75 Å². The van der Waals surface area contributed by atoms with Crippen LogP contribution in [-0.4, -0.2) is 48.9 Å². The van der Waals surface area contributed by atoms with Gasteiger partial charge in [0.25, 0.3) is 0 Å². The highest BCUT2D eigenvalue weighted by Crippen LogP contribution is 2.41. The molecule has 2 unspecified atom stereocenters. The summed E-state index contributed by atoms with van der Waals surface area (Å²) in [7, 11) is 4.83. The minimum absolute atomic E-state index is 0.403. The van der Waals surface area contributed by atoms with Crippen LogP contribution in [0.4, 0.5) is 0 Å². The largest absolute Gasteiger partial charge is 0.493 e. The number of rotatable bonds is 5. The molecule has 0 saturated carbocycles. The third kappa shape index (κ3) is 3.38. The lowest BCUT2D eigenvalue weighted by Gasteiger charge is -2.26. The highest BCUT2D eigenvalue weighted by Gasteiger charge is 2.23. The van der Waals surface area contributed by atoms with E-state index < -0.39 is 0 Å². The summed E-state index contributed by atoms with van der Waals surface area (Å²) in [4.78, 5) is 12.9. The van der Waals surface area contributed by atoms with E-state index in [9.17, 15) is 0 Å². The van der Waals surface area contributed by atoms with Gasteiger partial charge in [-0.1, -0.05) is 0 Å². The number of methoxy groups -OCH3 is 3. The van der Waals surface area contributed by atoms with Crippen LogP contribution in [0.1, 0.15) is 31.5 Å². The van der Waals surface area contributed by atoms with E-state index in [0.717, 1.165) is 47.5 Å². The third-order valence-corrected chi connectivity index (χ3v) is 5.35. The first-order chi connectivity index (χ1) is 13.6. The Balaban J connectivity index is 1.72. The van der Waals surface area contributed by atoms with Crippen LogP contribution in [0.3, 0.4) is 0 Å². The van der Waals surface area contributed by atoms with Crippen LogP contribution < -0.4 is 19.5 Å². The van der Waals surface area contributed by atoms with Crippen LogP contribution in [-0.2, 0) is 0 Å². The van der Waals surface area contributed by atoms with Crippen molar-refractivity contribution in [2.75, 3.05) is 27.9 Å². The van der Waals surface area contributed by atoms with E-state index in [1.54, 1.807) is 21.3 Å². The molecule has 0 amide bonds. The van der Waals surface area contributed by atoms with Gasteiger partial charge in [-0.15, -0.1) is 0 Å². The number of ether oxygens (including phenoxy) is 3. The minimum atomic E-state index is 0.403. The number of benzene rings is 1. The average Bonchev–Trinajstić information content (AvgIpc) is 3.16. The Morgan fingerprint density at radius 2 is 1.79 bits per heavy atom. The molecule has 1 fully saturated rings. The molecule has 148 valence electrons. The molecule has 0 spiro atoms. The molecule has 1 aliphatic rings. The van der Waals surface area contributed by atoms with Crippen LogP contribution in [0, 0.1) is 0 Å². The summed E-state index contributed by atoms with van der Waals surface area (Å²) < 4.78 is 16.4. The SMILES string of the molecule is COc1cc(-c2cc3nc(C4CCNC(C)C4)ncc3[nH]2)cc(OC)c1OC. The smallest absolute Gasteiger partial charge is 0.203 e. The van der Waals surface area contributed by atoms with Crippen LogP contribution in [0.15, 0.2) is 24.4 Å². The molecule has 0 aliphatic carbocycles. The summed E-state index contributed by atoms with van der Waals surface area (Å²) in [6.07, 6.45) is 4.02. The lowest BCUT2D eigenvalue weighted by molar-refractivity contribution is 0.324. The first-order valence-corrected chi connectivity index (χ1v) is 9.52. The zero-order valence-corrected chi connectivity index (χ0v) is 16.7. The fraction of sp³-hybridized carbons (Fsp3) is 0.429. The monoisotopic (exact) mass is 382 g/mol. The summed E-state index contributed by atoms with van der Waals surface area (Å²) in [5.41, 5.74) is 3.69. The van der Waals surface area contributed by atoms with E-state index in [1.807, 2.05) is 24.4 Å². The Morgan fingerprint density at radius 1 is 1.04 bits per heavy atom. The third-order valence-electron chi connectivity index (χ3n) is 5.35. The van der Waals surface area contributed by atoms with E-state index in [0.29, 0.717) is 29.2 Å². The van der Waals surface area contributed by atoms with Gasteiger partial charge in [-0.3, -0.25) is 0 Å². The normalized spacial score (nSPS) is 19.6. The van der Waals surface area contributed by atoms with Crippen LogP contribution in [0.2, 0.25) is 0 Å². The number of hydrogen-bond acceptors (Lipinski definition) is 6. The van der Waals surface area contributed by atoms with Crippen molar-refractivity contribution < 1.29 is 14.2 Å². The van der Waals surface area contributed by atoms with Crippen molar-refractivity contribution in [3.05, 3.63) is 30.2 Å². The van der Waals surface area contributed by atoms with Gasteiger partial charge in [0.15, 0.2) is 11.5 Å². The molecule has 3 heterocycles. The fourth-order valence-electron chi connectivity index (χ4n) is 3.89. The molecule has 2 aromatic heterocycles. The fourth-order valence-corrected chi connectivity index (χ4v) is 3.89. The van der Waals surface area contributed by atoms with E-state index in [4.69, 9.17) is 19.2 Å². The van der Waals surface area contributed by atoms with Gasteiger partial charge in [-0.25, -0.2) is 9.97 Å². The topological polar surface area (TPSA) is 81.3 Å². The minimum Gasteiger partial charge on any atom is -0.493 e. The summed E-state index contributed by atoms with van der Waals surface area (Å²) in [5.74, 6) is 3.14. The average molecular weight is 382 g/mol. The number of nitrogens with one attached hydrogen (secondary N) is 2. The van der Waals surface area contributed by atoms with Gasteiger partial charge < -0.3 is 24.5 Å². The molecule has 0 bridgehead atoms. The maximum Gasteiger partial charge on any atom is 0.203 e. The molecule has 0 radical (unpaired) electrons. The highest BCUT2D eigenvalue weighted by molar-refractivity contribution is 5.83. The van der Waals surface area contributed by atoms with E-state index in [1.165, 1.54) is 0 Å². The second-order valence-electron chi connectivity index (χ2n) is 7.20. The molecule has 7 heteroatoms. The van der Waals surface area contributed by atoms with Crippen LogP contribution >= 0.6 is 0 Å². The molecular formula is C21H26N4O3. The predicted molar refractivity (Wildman–Crippen MR) is 108 cm³/mol. The molecule has 3 aromatic rings. The zero-order chi connectivity index (χ0) is 19.7. The lowest BCUT2D eigenvalue weighted by atomic mass is 9.92. The van der Waals surface area contributed by atoms with Crippen molar-refractivity contribution in [3.63, 3.8) is 0 Å². The summed E-state index contributed by atoms with van der Waals surface area (Å²) in [6.45, 7) is 3.22. The molecule has 1 aliphatic heterocycles. The Labute approximate surface area is 164 Å². The standard InChI is InChI=1S/C21H26N4O3/c1-12-7-13(5-6-22-12)21-23-11-17-16(25-21)10-15(24-17)14-8-18(26-2)20(28-4)19(9-14)27-3/h8-13,22,24H,5-7H2,1-4H3. The molecule has 1 aromatic carbocycles. The molecule has 2 N–H and O–H groups in total. The van der Waals surface area contributed by atoms with Gasteiger partial charge in [-0.05, 0) is 44.5 Å². The molecule has 28 heavy (non-hydrogen) atoms. The first kappa shape index (κ1) is 18.6. The Morgan fingerprint density at radius 3 is 2.43 bits per heavy atom. The second kappa shape index (κ2) is 7.67. The molecular weight excluding hydrogens is 356 g/mol. The maximum absolute atomic E-state index is 5.47. The van der Waals surface area contributed by atoms with Gasteiger partial charge in [-0.2, -0.15) is 0 Å². The number of aromatic nitrogens is 3. The number of H-pyrrole nitrogens is 1. The predicted octanol–water partition coefficient (Wildman–Crippen LogP) is 3.51. The van der Waals surface area contributed by atoms with Crippen LogP contribution in [0.5, 0.6) is 17.2 Å². The molecule has 2 atom stereocenters. The van der Waals surface area contributed by atoms with E-state index in [2.05, 4.69) is 22.2 Å². The van der Waals surface area contributed by atoms with Gasteiger partial charge >= 0.3 is 0 Å². The van der Waals surface area contributed by atoms with Crippen molar-refractivity contribution in [2.24, 2.45) is 0 Å². The first-order valence-electron chi connectivity index (χ1n) is 9.52. The van der Waals surface area contributed by atoms with Crippen molar-refractivity contribution in [1.29, 1.82) is 0 Å². The summed E-state index contributed by atoms with van der Waals surface area (Å²) in [5, 5.41) is 3.48. The summed E-state index contributed by atoms with van der Waals surface area (Å²) >= 11 is 0. The molecule has 7 nitrogen and oxygen atoms in total. The Bertz CT molecular complexity index is 960. The number of aromatic amines is 1. The molecule has 4 rings (SSSR count). The number of fused-ring (bicyclic) bond motifs is 1. The van der Waals surface area contributed by atoms with Crippen molar-refractivity contribution in [1.82, 2.24) is 20.3 Å². The van der Waals surface area contributed by atoms with Crippen molar-refractivity contribution in [2.45, 2.75) is 31.7 Å². The van der Waals surface area contributed by atoms with E-state index in [-0.39, 0.29) is 0 Å². The number of hydrogen-bond donors (Lipinski definition) is 2. The second-order valence-corrected chi connectivity index (χ2v) is 7.20. The van der Waals surface area contributed by atoms with Crippen LogP contribution in [0.25, 0.3) is 22.3 Å². The lowest BCUT2D eigenvalue weighted by Crippen LogP contribution is -2.35. The summed E-state index contributed by atoms with van der Waals surface area (Å²) in [6, 6.07) is 6.40. The van der Waals surface area contributed by atoms with Crippen molar-refractivity contribution >= 4 is 11.0 Å². The van der Waals surface area contributed by atoms with Gasteiger partial charge in [0.1, 0.15) is 5.82 Å². The van der Waals surface area contributed by atoms with Gasteiger partial charge in [0, 0.05) is 23.2 Å². The maximum atomic E-state index is 5.47. The number of nitrogens with zero attached hydrogens (tertiary/aromatic N) is 2. The van der Waals surface area contributed by atoms with Crippen molar-refractivity contribution in [3.8, 4) is 28.5 Å². The van der Waals surface area contributed by atoms with Gasteiger partial charge in [0.05, 0.1) is 38.6 Å². The Hall–Kier alpha value is -2.80.